The summed E-state index contributed by atoms with van der Waals surface area (Å²) in [7, 11) is 3.27. The van der Waals surface area contributed by atoms with Gasteiger partial charge in [0.25, 0.3) is 0 Å². The first-order valence-electron chi connectivity index (χ1n) is 5.41. The Morgan fingerprint density at radius 2 is 1.87 bits per heavy atom. The third-order valence-electron chi connectivity index (χ3n) is 3.91. The topological polar surface area (TPSA) is 47.6 Å². The molecule has 0 aromatic carbocycles. The van der Waals surface area contributed by atoms with Gasteiger partial charge in [-0.2, -0.15) is 0 Å². The molecule has 1 N–H and O–H groups in total. The Bertz CT molecular complexity index is 276. The van der Waals surface area contributed by atoms with Crippen LogP contribution in [0, 0.1) is 11.3 Å². The largest absolute Gasteiger partial charge is 0.353 e. The van der Waals surface area contributed by atoms with Crippen molar-refractivity contribution in [1.29, 1.82) is 0 Å². The minimum Gasteiger partial charge on any atom is -0.353 e. The fraction of sp³-hybridized carbons (Fsp3) is 0.909. The van der Waals surface area contributed by atoms with Gasteiger partial charge in [-0.15, -0.1) is 0 Å². The molecule has 1 saturated carbocycles. The number of hydrogen-bond acceptors (Lipinski definition) is 3. The maximum atomic E-state index is 11.6. The summed E-state index contributed by atoms with van der Waals surface area (Å²) in [6, 6.07) is 0.281. The lowest BCUT2D eigenvalue weighted by Crippen LogP contribution is -2.77. The third-order valence-corrected chi connectivity index (χ3v) is 3.91. The number of hydrogen-bond donors (Lipinski definition) is 1. The summed E-state index contributed by atoms with van der Waals surface area (Å²) >= 11 is 0. The smallest absolute Gasteiger partial charge is 0.228 e. The molecule has 1 heterocycles. The quantitative estimate of drug-likeness (QED) is 0.560. The maximum absolute atomic E-state index is 11.6. The summed E-state index contributed by atoms with van der Waals surface area (Å²) in [6.07, 6.45) is 1.36. The number of nitrogens with one attached hydrogen (secondary N) is 1. The number of β-lactam (4-membered cyclic amide) rings is 1. The number of carbonyl (C=O) groups excluding carboxylic acids is 1. The van der Waals surface area contributed by atoms with Crippen molar-refractivity contribution >= 4 is 5.91 Å². The monoisotopic (exact) mass is 213 g/mol. The number of carbonyl (C=O) groups is 1. The Hall–Kier alpha value is -0.610. The van der Waals surface area contributed by atoms with Gasteiger partial charge in [0, 0.05) is 33.1 Å². The first-order chi connectivity index (χ1) is 6.99. The molecule has 4 nitrogen and oxygen atoms in total. The predicted octanol–water partition coefficient (Wildman–Crippen LogP) is 0.910. The second kappa shape index (κ2) is 3.19. The molecule has 4 heteroatoms. The summed E-state index contributed by atoms with van der Waals surface area (Å²) in [5.74, 6) is 0.102. The van der Waals surface area contributed by atoms with Crippen molar-refractivity contribution in [2.24, 2.45) is 11.3 Å². The van der Waals surface area contributed by atoms with Gasteiger partial charge in [0.2, 0.25) is 5.91 Å². The lowest BCUT2D eigenvalue weighted by atomic mass is 9.53. The molecule has 86 valence electrons. The molecular weight excluding hydrogens is 194 g/mol. The molecule has 0 radical (unpaired) electrons. The summed E-state index contributed by atoms with van der Waals surface area (Å²) in [5.41, 5.74) is -0.222. The summed E-state index contributed by atoms with van der Waals surface area (Å²) in [6.45, 7) is 4.26. The van der Waals surface area contributed by atoms with E-state index < -0.39 is 5.79 Å². The lowest BCUT2D eigenvalue weighted by Gasteiger charge is -2.62. The van der Waals surface area contributed by atoms with Crippen LogP contribution in [0.25, 0.3) is 0 Å². The number of methoxy groups -OCH3 is 2. The van der Waals surface area contributed by atoms with Crippen LogP contribution in [-0.4, -0.2) is 32.0 Å². The van der Waals surface area contributed by atoms with E-state index in [0.717, 1.165) is 0 Å². The van der Waals surface area contributed by atoms with Gasteiger partial charge in [0.1, 0.15) is 0 Å². The van der Waals surface area contributed by atoms with E-state index >= 15 is 0 Å². The van der Waals surface area contributed by atoms with Crippen molar-refractivity contribution in [1.82, 2.24) is 5.32 Å². The number of amides is 1. The van der Waals surface area contributed by atoms with E-state index in [4.69, 9.17) is 9.47 Å². The molecule has 0 bridgehead atoms. The highest BCUT2D eigenvalue weighted by atomic mass is 16.7. The molecule has 0 aromatic heterocycles. The number of rotatable bonds is 3. The SMILES string of the molecule is COC1(OC)CC2(C1)C(=O)N[C@H]2C(C)C. The molecule has 2 aliphatic rings. The van der Waals surface area contributed by atoms with Gasteiger partial charge in [-0.1, -0.05) is 13.8 Å². The molecule has 1 spiro atoms. The number of ether oxygens (including phenoxy) is 2. The van der Waals surface area contributed by atoms with Gasteiger partial charge < -0.3 is 14.8 Å². The molecule has 1 amide bonds. The van der Waals surface area contributed by atoms with Crippen LogP contribution in [0.3, 0.4) is 0 Å². The average Bonchev–Trinajstić information content (AvgIpc) is 2.14. The van der Waals surface area contributed by atoms with Crippen LogP contribution in [0.15, 0.2) is 0 Å². The van der Waals surface area contributed by atoms with Crippen molar-refractivity contribution < 1.29 is 14.3 Å². The average molecular weight is 213 g/mol. The zero-order chi connectivity index (χ0) is 11.3. The summed E-state index contributed by atoms with van der Waals surface area (Å²) in [4.78, 5) is 11.6. The van der Waals surface area contributed by atoms with Gasteiger partial charge in [-0.25, -0.2) is 0 Å². The molecule has 1 saturated heterocycles. The molecule has 2 rings (SSSR count). The van der Waals surface area contributed by atoms with Crippen molar-refractivity contribution in [3.05, 3.63) is 0 Å². The zero-order valence-corrected chi connectivity index (χ0v) is 9.79. The van der Waals surface area contributed by atoms with Crippen LogP contribution < -0.4 is 5.32 Å². The molecule has 1 atom stereocenters. The normalized spacial score (nSPS) is 31.0. The van der Waals surface area contributed by atoms with E-state index in [2.05, 4.69) is 19.2 Å². The van der Waals surface area contributed by atoms with Gasteiger partial charge in [0.05, 0.1) is 5.41 Å². The second-order valence-corrected chi connectivity index (χ2v) is 5.02. The fourth-order valence-electron chi connectivity index (χ4n) is 2.95. The lowest BCUT2D eigenvalue weighted by molar-refractivity contribution is -0.306. The fourth-order valence-corrected chi connectivity index (χ4v) is 2.95. The van der Waals surface area contributed by atoms with Crippen LogP contribution in [-0.2, 0) is 14.3 Å². The molecule has 2 fully saturated rings. The Balaban J connectivity index is 2.09. The molecule has 0 unspecified atom stereocenters. The van der Waals surface area contributed by atoms with E-state index in [-0.39, 0.29) is 17.4 Å². The van der Waals surface area contributed by atoms with Gasteiger partial charge in [-0.3, -0.25) is 4.79 Å². The van der Waals surface area contributed by atoms with E-state index in [1.807, 2.05) is 0 Å². The van der Waals surface area contributed by atoms with Crippen LogP contribution in [0.5, 0.6) is 0 Å². The highest BCUT2D eigenvalue weighted by Crippen LogP contribution is 2.58. The molecule has 1 aliphatic heterocycles. The standard InChI is InChI=1S/C11H19NO3/c1-7(2)8-10(9(13)12-8)5-11(6-10,14-3)15-4/h7-8H,5-6H2,1-4H3,(H,12,13)/t8-/m0/s1. The van der Waals surface area contributed by atoms with Gasteiger partial charge in [-0.05, 0) is 5.92 Å². The highest BCUT2D eigenvalue weighted by molar-refractivity contribution is 5.91. The highest BCUT2D eigenvalue weighted by Gasteiger charge is 2.69. The molecule has 1 aliphatic carbocycles. The van der Waals surface area contributed by atoms with Crippen molar-refractivity contribution in [2.75, 3.05) is 14.2 Å². The van der Waals surface area contributed by atoms with Crippen LogP contribution in [0.1, 0.15) is 26.7 Å². The predicted molar refractivity (Wildman–Crippen MR) is 55.2 cm³/mol. The van der Waals surface area contributed by atoms with Gasteiger partial charge >= 0.3 is 0 Å². The van der Waals surface area contributed by atoms with Crippen molar-refractivity contribution in [2.45, 2.75) is 38.5 Å². The van der Waals surface area contributed by atoms with E-state index in [1.165, 1.54) is 0 Å². The summed E-state index contributed by atoms with van der Waals surface area (Å²) in [5, 5.41) is 2.97. The van der Waals surface area contributed by atoms with Crippen molar-refractivity contribution in [3.63, 3.8) is 0 Å². The van der Waals surface area contributed by atoms with Crippen LogP contribution in [0.2, 0.25) is 0 Å². The minimum atomic E-state index is -0.523. The van der Waals surface area contributed by atoms with E-state index in [9.17, 15) is 4.79 Å². The maximum Gasteiger partial charge on any atom is 0.228 e. The van der Waals surface area contributed by atoms with Gasteiger partial charge in [0.15, 0.2) is 5.79 Å². The Morgan fingerprint density at radius 1 is 1.33 bits per heavy atom. The Morgan fingerprint density at radius 3 is 2.20 bits per heavy atom. The summed E-state index contributed by atoms with van der Waals surface area (Å²) < 4.78 is 10.7. The van der Waals surface area contributed by atoms with E-state index in [0.29, 0.717) is 18.8 Å². The minimum absolute atomic E-state index is 0.158. The zero-order valence-electron chi connectivity index (χ0n) is 9.79. The Kier molecular flexibility index (Phi) is 2.32. The first-order valence-corrected chi connectivity index (χ1v) is 5.41. The first kappa shape index (κ1) is 10.9. The van der Waals surface area contributed by atoms with Crippen LogP contribution >= 0.6 is 0 Å². The third kappa shape index (κ3) is 1.24. The van der Waals surface area contributed by atoms with Crippen molar-refractivity contribution in [3.8, 4) is 0 Å². The molecule has 15 heavy (non-hydrogen) atoms. The molecule has 0 aromatic rings. The van der Waals surface area contributed by atoms with Crippen LogP contribution in [0.4, 0.5) is 0 Å². The second-order valence-electron chi connectivity index (χ2n) is 5.02. The Labute approximate surface area is 90.3 Å². The van der Waals surface area contributed by atoms with E-state index in [1.54, 1.807) is 14.2 Å². The molecular formula is C11H19NO3.